The fourth-order valence-electron chi connectivity index (χ4n) is 4.84. The smallest absolute Gasteiger partial charge is 0.177 e. The summed E-state index contributed by atoms with van der Waals surface area (Å²) in [7, 11) is 1.66. The number of rotatable bonds is 5. The van der Waals surface area contributed by atoms with Crippen LogP contribution in [0.4, 0.5) is 4.39 Å². The van der Waals surface area contributed by atoms with Crippen LogP contribution < -0.4 is 4.74 Å². The largest absolute Gasteiger partial charge is 0.495 e. The minimum atomic E-state index is -0.742. The van der Waals surface area contributed by atoms with Gasteiger partial charge in [0.25, 0.3) is 0 Å². The van der Waals surface area contributed by atoms with Crippen LogP contribution in [0, 0.1) is 12.7 Å². The minimum absolute atomic E-state index is 0.270. The second kappa shape index (κ2) is 9.54. The lowest BCUT2D eigenvalue weighted by Crippen LogP contribution is -2.51. The lowest BCUT2D eigenvalue weighted by molar-refractivity contribution is -0.0829. The van der Waals surface area contributed by atoms with Gasteiger partial charge in [-0.2, -0.15) is 0 Å². The number of imidazole rings is 1. The average molecular weight is 477 g/mol. The predicted molar refractivity (Wildman–Crippen MR) is 132 cm³/mol. The van der Waals surface area contributed by atoms with Gasteiger partial charge in [-0.1, -0.05) is 23.4 Å². The van der Waals surface area contributed by atoms with Crippen LogP contribution in [0.15, 0.2) is 65.7 Å². The van der Waals surface area contributed by atoms with Crippen LogP contribution in [-0.2, 0) is 4.84 Å². The number of oxime groups is 1. The summed E-state index contributed by atoms with van der Waals surface area (Å²) in [6.07, 6.45) is 6.31. The number of aryl methyl sites for hydroxylation is 1. The summed E-state index contributed by atoms with van der Waals surface area (Å²) in [5.74, 6) is 1.19. The summed E-state index contributed by atoms with van der Waals surface area (Å²) in [6.45, 7) is 4.41. The number of aliphatic hydroxyl groups is 1. The molecule has 1 N–H and O–H groups in total. The monoisotopic (exact) mass is 476 g/mol. The Balaban J connectivity index is 1.50. The maximum Gasteiger partial charge on any atom is 0.177 e. The molecule has 1 saturated heterocycles. The molecular weight excluding hydrogens is 447 g/mol. The van der Waals surface area contributed by atoms with Gasteiger partial charge in [0, 0.05) is 12.7 Å². The first kappa shape index (κ1) is 23.1. The van der Waals surface area contributed by atoms with Crippen molar-refractivity contribution in [1.82, 2.24) is 14.5 Å². The van der Waals surface area contributed by atoms with E-state index in [0.29, 0.717) is 0 Å². The van der Waals surface area contributed by atoms with Crippen LogP contribution >= 0.6 is 0 Å². The lowest BCUT2D eigenvalue weighted by Gasteiger charge is -2.44. The number of fused-ring (bicyclic) bond motifs is 1. The maximum absolute atomic E-state index is 13.6. The molecule has 8 heteroatoms. The number of aromatic nitrogens is 2. The molecule has 3 atom stereocenters. The van der Waals surface area contributed by atoms with Crippen LogP contribution in [0.3, 0.4) is 0 Å². The molecule has 3 heterocycles. The Hall–Kier alpha value is -3.65. The molecule has 2 aliphatic rings. The number of nitrogens with zero attached hydrogens (tertiary/aromatic N) is 4. The van der Waals surface area contributed by atoms with E-state index in [9.17, 15) is 9.50 Å². The molecular formula is C27H29FN4O3. The van der Waals surface area contributed by atoms with Gasteiger partial charge in [0.15, 0.2) is 11.9 Å². The number of hydrogen-bond acceptors (Lipinski definition) is 6. The molecule has 0 saturated carbocycles. The molecule has 2 aliphatic heterocycles. The minimum Gasteiger partial charge on any atom is -0.495 e. The van der Waals surface area contributed by atoms with Gasteiger partial charge in [0.2, 0.25) is 0 Å². The van der Waals surface area contributed by atoms with E-state index in [2.05, 4.69) is 21.1 Å². The average Bonchev–Trinajstić information content (AvgIpc) is 3.30. The van der Waals surface area contributed by atoms with Crippen molar-refractivity contribution >= 4 is 11.9 Å². The van der Waals surface area contributed by atoms with Crippen LogP contribution in [0.2, 0.25) is 0 Å². The number of hydrogen-bond donors (Lipinski definition) is 1. The fourth-order valence-corrected chi connectivity index (χ4v) is 4.84. The molecule has 1 aromatic heterocycles. The van der Waals surface area contributed by atoms with Crippen molar-refractivity contribution in [2.75, 3.05) is 13.7 Å². The van der Waals surface area contributed by atoms with Gasteiger partial charge >= 0.3 is 0 Å². The van der Waals surface area contributed by atoms with Crippen molar-refractivity contribution in [1.29, 1.82) is 0 Å². The van der Waals surface area contributed by atoms with Crippen LogP contribution in [-0.4, -0.2) is 51.3 Å². The third-order valence-corrected chi connectivity index (χ3v) is 6.53. The summed E-state index contributed by atoms with van der Waals surface area (Å²) < 4.78 is 21.2. The van der Waals surface area contributed by atoms with Crippen LogP contribution in [0.25, 0.3) is 11.8 Å². The Kier molecular flexibility index (Phi) is 6.30. The predicted octanol–water partition coefficient (Wildman–Crippen LogP) is 4.64. The number of aliphatic hydroxyl groups excluding tert-OH is 1. The van der Waals surface area contributed by atoms with Crippen LogP contribution in [0.5, 0.6) is 5.75 Å². The fraction of sp³-hybridized carbons (Fsp3) is 0.333. The zero-order chi connectivity index (χ0) is 24.5. The van der Waals surface area contributed by atoms with Crippen molar-refractivity contribution in [3.05, 3.63) is 83.2 Å². The Bertz CT molecular complexity index is 1270. The van der Waals surface area contributed by atoms with E-state index in [4.69, 9.17) is 9.57 Å². The Labute approximate surface area is 204 Å². The molecule has 0 radical (unpaired) electrons. The molecule has 0 aliphatic carbocycles. The number of piperidine rings is 1. The van der Waals surface area contributed by atoms with Crippen molar-refractivity contribution in [2.24, 2.45) is 5.16 Å². The number of benzene rings is 2. The van der Waals surface area contributed by atoms with Gasteiger partial charge in [-0.05, 0) is 73.7 Å². The highest BCUT2D eigenvalue weighted by Gasteiger charge is 2.41. The zero-order valence-electron chi connectivity index (χ0n) is 20.1. The SMILES string of the molecule is COc1cc(/C=C2\CCCN3C2=NOC(C(C)O)C3c2ccc(F)cc2)ccc1-n1cnc(C)c1. The van der Waals surface area contributed by atoms with Crippen LogP contribution in [0.1, 0.15) is 42.6 Å². The number of methoxy groups -OCH3 is 1. The third-order valence-electron chi connectivity index (χ3n) is 6.53. The third kappa shape index (κ3) is 4.53. The van der Waals surface area contributed by atoms with Crippen molar-refractivity contribution in [3.63, 3.8) is 0 Å². The molecule has 1 fully saturated rings. The molecule has 5 rings (SSSR count). The molecule has 0 spiro atoms. The second-order valence-electron chi connectivity index (χ2n) is 9.04. The molecule has 3 aromatic rings. The van der Waals surface area contributed by atoms with Crippen molar-refractivity contribution in [3.8, 4) is 11.4 Å². The second-order valence-corrected chi connectivity index (χ2v) is 9.04. The standard InChI is InChI=1S/C27H29FN4O3/c1-17-15-31(16-29-17)23-11-6-19(14-24(23)34-3)13-21-5-4-12-32-25(20-7-9-22(28)10-8-20)26(18(2)33)35-30-27(21)32/h6-11,13-16,18,25-26,33H,4-5,12H2,1-3H3/b21-13+. The summed E-state index contributed by atoms with van der Waals surface area (Å²) in [5.41, 5.74) is 4.75. The Morgan fingerprint density at radius 2 is 2.03 bits per heavy atom. The van der Waals surface area contributed by atoms with Gasteiger partial charge in [0.05, 0.1) is 37.0 Å². The number of halogens is 1. The van der Waals surface area contributed by atoms with Gasteiger partial charge < -0.3 is 24.1 Å². The van der Waals surface area contributed by atoms with E-state index in [1.165, 1.54) is 12.1 Å². The molecule has 182 valence electrons. The first-order valence-electron chi connectivity index (χ1n) is 11.8. The molecule has 7 nitrogen and oxygen atoms in total. The Morgan fingerprint density at radius 1 is 1.23 bits per heavy atom. The topological polar surface area (TPSA) is 72.1 Å². The zero-order valence-corrected chi connectivity index (χ0v) is 20.1. The van der Waals surface area contributed by atoms with E-state index in [1.54, 1.807) is 32.5 Å². The van der Waals surface area contributed by atoms with E-state index in [1.807, 2.05) is 35.9 Å². The first-order valence-corrected chi connectivity index (χ1v) is 11.8. The lowest BCUT2D eigenvalue weighted by atomic mass is 9.91. The summed E-state index contributed by atoms with van der Waals surface area (Å²) in [4.78, 5) is 12.3. The number of ether oxygens (including phenoxy) is 1. The van der Waals surface area contributed by atoms with Gasteiger partial charge in [0.1, 0.15) is 11.6 Å². The molecule has 3 unspecified atom stereocenters. The molecule has 2 aromatic carbocycles. The summed E-state index contributed by atoms with van der Waals surface area (Å²) in [6, 6.07) is 12.2. The van der Waals surface area contributed by atoms with Gasteiger partial charge in [-0.3, -0.25) is 0 Å². The maximum atomic E-state index is 13.6. The van der Waals surface area contributed by atoms with Crippen molar-refractivity contribution in [2.45, 2.75) is 44.9 Å². The normalized spacial score (nSPS) is 21.8. The van der Waals surface area contributed by atoms with E-state index >= 15 is 0 Å². The van der Waals surface area contributed by atoms with E-state index < -0.39 is 12.2 Å². The van der Waals surface area contributed by atoms with E-state index in [0.717, 1.165) is 59.1 Å². The van der Waals surface area contributed by atoms with Crippen molar-refractivity contribution < 1.29 is 19.1 Å². The number of amidine groups is 1. The van der Waals surface area contributed by atoms with Gasteiger partial charge in [-0.15, -0.1) is 0 Å². The highest BCUT2D eigenvalue weighted by Crippen LogP contribution is 2.38. The highest BCUT2D eigenvalue weighted by atomic mass is 19.1. The Morgan fingerprint density at radius 3 is 2.71 bits per heavy atom. The summed E-state index contributed by atoms with van der Waals surface area (Å²) in [5, 5.41) is 14.8. The summed E-state index contributed by atoms with van der Waals surface area (Å²) >= 11 is 0. The van der Waals surface area contributed by atoms with E-state index in [-0.39, 0.29) is 11.9 Å². The molecule has 35 heavy (non-hydrogen) atoms. The quantitative estimate of drug-likeness (QED) is 0.581. The van der Waals surface area contributed by atoms with Gasteiger partial charge in [-0.25, -0.2) is 9.37 Å². The highest BCUT2D eigenvalue weighted by molar-refractivity contribution is 6.03. The first-order chi connectivity index (χ1) is 16.9. The molecule has 0 bridgehead atoms. The molecule has 0 amide bonds.